The van der Waals surface area contributed by atoms with Crippen molar-refractivity contribution in [3.8, 4) is 0 Å². The Morgan fingerprint density at radius 2 is 0.794 bits per heavy atom. The molecule has 0 amide bonds. The molecule has 180 valence electrons. The third kappa shape index (κ3) is 8.34. The van der Waals surface area contributed by atoms with Crippen LogP contribution in [0.15, 0.2) is 115 Å². The molecule has 4 rings (SSSR count). The van der Waals surface area contributed by atoms with Crippen LogP contribution >= 0.6 is 18.9 Å². The molecular formula is C25H21ClF6PSb. The van der Waals surface area contributed by atoms with E-state index in [-0.39, 0.29) is 0 Å². The number of halogens is 7. The van der Waals surface area contributed by atoms with Gasteiger partial charge in [0, 0.05) is 5.02 Å². The summed E-state index contributed by atoms with van der Waals surface area (Å²) in [6, 6.07) is 41.2. The predicted molar refractivity (Wildman–Crippen MR) is 133 cm³/mol. The van der Waals surface area contributed by atoms with Crippen molar-refractivity contribution in [2.45, 2.75) is 6.16 Å². The second-order valence-corrected chi connectivity index (χ2v) is 17.0. The van der Waals surface area contributed by atoms with E-state index in [9.17, 15) is 16.9 Å². The van der Waals surface area contributed by atoms with E-state index in [1.165, 1.54) is 21.5 Å². The van der Waals surface area contributed by atoms with Gasteiger partial charge in [0.1, 0.15) is 23.2 Å². The molecule has 0 aliphatic rings. The van der Waals surface area contributed by atoms with Crippen molar-refractivity contribution in [3.05, 3.63) is 126 Å². The fourth-order valence-electron chi connectivity index (χ4n) is 3.63. The van der Waals surface area contributed by atoms with Crippen molar-refractivity contribution in [1.29, 1.82) is 0 Å². The zero-order valence-electron chi connectivity index (χ0n) is 17.7. The molecule has 0 bridgehead atoms. The average molecular weight is 624 g/mol. The summed E-state index contributed by atoms with van der Waals surface area (Å²) in [5, 5.41) is 4.98. The van der Waals surface area contributed by atoms with Gasteiger partial charge in [-0.3, -0.25) is 0 Å². The first-order valence-electron chi connectivity index (χ1n) is 10.1. The fourth-order valence-corrected chi connectivity index (χ4v) is 8.00. The Morgan fingerprint density at radius 1 is 0.500 bits per heavy atom. The summed E-state index contributed by atoms with van der Waals surface area (Å²) in [5.41, 5.74) is 1.31. The van der Waals surface area contributed by atoms with E-state index in [0.717, 1.165) is 11.2 Å². The summed E-state index contributed by atoms with van der Waals surface area (Å²) in [5.74, 6) is 0. The van der Waals surface area contributed by atoms with Gasteiger partial charge in [-0.2, -0.15) is 0 Å². The van der Waals surface area contributed by atoms with Gasteiger partial charge in [0.25, 0.3) is 0 Å². The average Bonchev–Trinajstić information content (AvgIpc) is 2.78. The van der Waals surface area contributed by atoms with Crippen molar-refractivity contribution < 1.29 is 16.9 Å². The third-order valence-electron chi connectivity index (χ3n) is 4.92. The van der Waals surface area contributed by atoms with Crippen LogP contribution in [0.2, 0.25) is 5.02 Å². The first-order valence-corrected chi connectivity index (χ1v) is 18.2. The number of rotatable bonds is 5. The van der Waals surface area contributed by atoms with Crippen LogP contribution in [-0.4, -0.2) is 19.5 Å². The van der Waals surface area contributed by atoms with Gasteiger partial charge in [0.05, 0.1) is 6.16 Å². The minimum absolute atomic E-state index is 0.779. The standard InChI is InChI=1S/C25H21ClP.6FH.Sb/c26-22-18-16-21(17-19-22)20-27(23-10-4-1-5-11-23,24-12-6-2-7-13-24)25-14-8-3-9-15-25;;;;;;;/h1-19H,20H2;6*1H;/q+1;;;;;;;+5/p-6. The SMILES string of the molecule is Clc1ccc(C[P+](c2ccccc2)(c2ccccc2)c2ccccc2)cc1.[F][Sb-]([F])([F])([F])([F])[F]. The van der Waals surface area contributed by atoms with Crippen LogP contribution in [0, 0.1) is 0 Å². The van der Waals surface area contributed by atoms with E-state index >= 15 is 0 Å². The second-order valence-electron chi connectivity index (χ2n) is 7.56. The second kappa shape index (κ2) is 9.57. The Kier molecular flexibility index (Phi) is 7.48. The van der Waals surface area contributed by atoms with Crippen LogP contribution in [0.4, 0.5) is 16.9 Å². The zero-order valence-corrected chi connectivity index (χ0v) is 21.9. The number of hydrogen-bond acceptors (Lipinski definition) is 0. The summed E-state index contributed by atoms with van der Waals surface area (Å²) in [7, 11) is -1.83. The molecule has 0 aliphatic heterocycles. The molecule has 0 N–H and O–H groups in total. The summed E-state index contributed by atoms with van der Waals surface area (Å²) in [6.45, 7) is 0. The summed E-state index contributed by atoms with van der Waals surface area (Å²) < 4.78 is 59.6. The Hall–Kier alpha value is -2.00. The molecule has 0 saturated heterocycles. The summed E-state index contributed by atoms with van der Waals surface area (Å²) in [4.78, 5) is 0. The Morgan fingerprint density at radius 3 is 1.09 bits per heavy atom. The molecule has 4 aromatic rings. The van der Waals surface area contributed by atoms with Crippen LogP contribution in [-0.2, 0) is 6.16 Å². The van der Waals surface area contributed by atoms with Crippen LogP contribution in [0.1, 0.15) is 5.56 Å². The van der Waals surface area contributed by atoms with Gasteiger partial charge in [-0.15, -0.1) is 0 Å². The molecular weight excluding hydrogens is 602 g/mol. The van der Waals surface area contributed by atoms with E-state index in [4.69, 9.17) is 11.6 Å². The topological polar surface area (TPSA) is 0 Å². The van der Waals surface area contributed by atoms with Crippen molar-refractivity contribution in [3.63, 3.8) is 0 Å². The van der Waals surface area contributed by atoms with Crippen LogP contribution in [0.5, 0.6) is 0 Å². The van der Waals surface area contributed by atoms with Gasteiger partial charge in [-0.25, -0.2) is 0 Å². The quantitative estimate of drug-likeness (QED) is 0.120. The van der Waals surface area contributed by atoms with E-state index in [0.29, 0.717) is 0 Å². The van der Waals surface area contributed by atoms with Gasteiger partial charge >= 0.3 is 36.4 Å². The molecule has 0 radical (unpaired) electrons. The molecule has 0 nitrogen and oxygen atoms in total. The molecule has 0 unspecified atom stereocenters. The third-order valence-corrected chi connectivity index (χ3v) is 9.55. The summed E-state index contributed by atoms with van der Waals surface area (Å²) in [6.07, 6.45) is 0.974. The van der Waals surface area contributed by atoms with Crippen molar-refractivity contribution in [2.24, 2.45) is 0 Å². The van der Waals surface area contributed by atoms with Crippen molar-refractivity contribution >= 4 is 54.3 Å². The molecule has 0 saturated carbocycles. The van der Waals surface area contributed by atoms with E-state index in [2.05, 4.69) is 103 Å². The summed E-state index contributed by atoms with van der Waals surface area (Å²) >= 11 is -5.11. The maximum absolute atomic E-state index is 11.2. The normalized spacial score (nSPS) is 13.7. The molecule has 0 aliphatic carbocycles. The minimum atomic E-state index is -11.2. The van der Waals surface area contributed by atoms with Crippen molar-refractivity contribution in [1.82, 2.24) is 0 Å². The van der Waals surface area contributed by atoms with Crippen LogP contribution in [0.3, 0.4) is 0 Å². The molecule has 9 heteroatoms. The molecule has 0 spiro atoms. The predicted octanol–water partition coefficient (Wildman–Crippen LogP) is 7.97. The van der Waals surface area contributed by atoms with Crippen molar-refractivity contribution in [2.75, 3.05) is 0 Å². The monoisotopic (exact) mass is 622 g/mol. The van der Waals surface area contributed by atoms with E-state index in [1.807, 2.05) is 12.1 Å². The molecule has 34 heavy (non-hydrogen) atoms. The molecule has 4 aromatic carbocycles. The molecule has 0 heterocycles. The molecule has 0 atom stereocenters. The fraction of sp³-hybridized carbons (Fsp3) is 0.0400. The first kappa shape index (κ1) is 26.6. The van der Waals surface area contributed by atoms with Gasteiger partial charge < -0.3 is 0 Å². The molecule has 0 aromatic heterocycles. The Balaban J connectivity index is 0.000000406. The number of benzene rings is 4. The first-order chi connectivity index (χ1) is 15.7. The van der Waals surface area contributed by atoms with Crippen LogP contribution < -0.4 is 15.9 Å². The van der Waals surface area contributed by atoms with Gasteiger partial charge in [0.2, 0.25) is 0 Å². The van der Waals surface area contributed by atoms with E-state index < -0.39 is 26.7 Å². The van der Waals surface area contributed by atoms with Crippen LogP contribution in [0.25, 0.3) is 0 Å². The zero-order chi connectivity index (χ0) is 24.9. The van der Waals surface area contributed by atoms with Gasteiger partial charge in [-0.05, 0) is 54.1 Å². The van der Waals surface area contributed by atoms with Gasteiger partial charge in [-0.1, -0.05) is 78.3 Å². The Labute approximate surface area is 202 Å². The van der Waals surface area contributed by atoms with E-state index in [1.54, 1.807) is 0 Å². The molecule has 0 fully saturated rings. The Bertz CT molecular complexity index is 1090. The number of hydrogen-bond donors (Lipinski definition) is 0. The van der Waals surface area contributed by atoms with Gasteiger partial charge in [0.15, 0.2) is 0 Å². The maximum atomic E-state index is 9.93.